The van der Waals surface area contributed by atoms with Crippen LogP contribution in [0.15, 0.2) is 188 Å². The van der Waals surface area contributed by atoms with Gasteiger partial charge in [0.15, 0.2) is 0 Å². The SMILES string of the molecule is Cc1cc(C)cc(N2c3cc(-c4ccc5c(c4)N(c4cccc6ccccc46)c4ccccc4C5(C)C)ccc3N(c3ccccc3)c3c2ccc2ccccc32)c1. The number of hydrogen-bond donors (Lipinski definition) is 0. The summed E-state index contributed by atoms with van der Waals surface area (Å²) in [5.41, 5.74) is 17.8. The number of hydrogen-bond acceptors (Lipinski definition) is 3. The molecule has 3 nitrogen and oxygen atoms in total. The molecule has 9 aromatic rings. The molecule has 9 aromatic carbocycles. The lowest BCUT2D eigenvalue weighted by Crippen LogP contribution is -2.30. The van der Waals surface area contributed by atoms with Crippen LogP contribution in [-0.2, 0) is 5.41 Å². The summed E-state index contributed by atoms with van der Waals surface area (Å²) in [4.78, 5) is 7.45. The van der Waals surface area contributed by atoms with Crippen LogP contribution in [0.1, 0.15) is 36.1 Å². The first-order chi connectivity index (χ1) is 28.3. The summed E-state index contributed by atoms with van der Waals surface area (Å²) in [5, 5.41) is 4.91. The summed E-state index contributed by atoms with van der Waals surface area (Å²) in [7, 11) is 0. The highest BCUT2D eigenvalue weighted by molar-refractivity contribution is 6.12. The summed E-state index contributed by atoms with van der Waals surface area (Å²) >= 11 is 0. The van der Waals surface area contributed by atoms with E-state index in [-0.39, 0.29) is 5.41 Å². The molecule has 0 atom stereocenters. The van der Waals surface area contributed by atoms with Gasteiger partial charge in [-0.1, -0.05) is 141 Å². The van der Waals surface area contributed by atoms with Crippen molar-refractivity contribution in [1.82, 2.24) is 0 Å². The molecule has 278 valence electrons. The van der Waals surface area contributed by atoms with Crippen molar-refractivity contribution in [2.75, 3.05) is 14.7 Å². The van der Waals surface area contributed by atoms with Crippen LogP contribution in [0.2, 0.25) is 0 Å². The number of anilines is 9. The highest BCUT2D eigenvalue weighted by atomic mass is 15.3. The molecule has 0 spiro atoms. The third kappa shape index (κ3) is 5.20. The van der Waals surface area contributed by atoms with E-state index in [0.717, 1.165) is 28.4 Å². The van der Waals surface area contributed by atoms with Gasteiger partial charge in [0.2, 0.25) is 0 Å². The number of fused-ring (bicyclic) bond motifs is 7. The van der Waals surface area contributed by atoms with Gasteiger partial charge in [-0.2, -0.15) is 0 Å². The minimum Gasteiger partial charge on any atom is -0.309 e. The van der Waals surface area contributed by atoms with Crippen molar-refractivity contribution in [3.63, 3.8) is 0 Å². The molecule has 2 aliphatic heterocycles. The van der Waals surface area contributed by atoms with Gasteiger partial charge in [-0.05, 0) is 119 Å². The van der Waals surface area contributed by atoms with Crippen LogP contribution in [0.4, 0.5) is 51.2 Å². The van der Waals surface area contributed by atoms with E-state index in [4.69, 9.17) is 0 Å². The van der Waals surface area contributed by atoms with Gasteiger partial charge >= 0.3 is 0 Å². The molecule has 0 saturated carbocycles. The molecule has 58 heavy (non-hydrogen) atoms. The zero-order chi connectivity index (χ0) is 39.1. The van der Waals surface area contributed by atoms with Crippen molar-refractivity contribution in [2.45, 2.75) is 33.1 Å². The van der Waals surface area contributed by atoms with Crippen molar-refractivity contribution in [3.8, 4) is 11.1 Å². The molecular formula is C55H43N3. The van der Waals surface area contributed by atoms with E-state index in [1.165, 1.54) is 77.7 Å². The maximum atomic E-state index is 2.50. The molecule has 0 aliphatic carbocycles. The number of aryl methyl sites for hydroxylation is 2. The Labute approximate surface area is 340 Å². The second-order valence-corrected chi connectivity index (χ2v) is 16.4. The number of benzene rings is 9. The Bertz CT molecular complexity index is 3060. The van der Waals surface area contributed by atoms with Crippen LogP contribution in [0.25, 0.3) is 32.7 Å². The Balaban J connectivity index is 1.16. The molecule has 0 N–H and O–H groups in total. The average molecular weight is 746 g/mol. The molecule has 0 unspecified atom stereocenters. The maximum Gasteiger partial charge on any atom is 0.0782 e. The second kappa shape index (κ2) is 13.0. The van der Waals surface area contributed by atoms with Crippen LogP contribution in [0.5, 0.6) is 0 Å². The predicted octanol–water partition coefficient (Wildman–Crippen LogP) is 15.6. The summed E-state index contributed by atoms with van der Waals surface area (Å²) in [6.45, 7) is 9.13. The Hall–Kier alpha value is -7.10. The number of nitrogens with zero attached hydrogens (tertiary/aromatic N) is 3. The molecule has 0 aromatic heterocycles. The van der Waals surface area contributed by atoms with Gasteiger partial charge in [-0.3, -0.25) is 0 Å². The first-order valence-corrected chi connectivity index (χ1v) is 20.3. The second-order valence-electron chi connectivity index (χ2n) is 16.4. The van der Waals surface area contributed by atoms with Crippen LogP contribution in [-0.4, -0.2) is 0 Å². The van der Waals surface area contributed by atoms with E-state index >= 15 is 0 Å². The molecule has 2 aliphatic rings. The molecule has 0 saturated heterocycles. The molecule has 0 radical (unpaired) electrons. The minimum absolute atomic E-state index is 0.191. The topological polar surface area (TPSA) is 9.72 Å². The summed E-state index contributed by atoms with van der Waals surface area (Å²) in [6, 6.07) is 69.6. The van der Waals surface area contributed by atoms with Gasteiger partial charge in [-0.15, -0.1) is 0 Å². The summed E-state index contributed by atoms with van der Waals surface area (Å²) < 4.78 is 0. The summed E-state index contributed by atoms with van der Waals surface area (Å²) in [6.07, 6.45) is 0. The monoisotopic (exact) mass is 745 g/mol. The first kappa shape index (κ1) is 34.2. The quantitative estimate of drug-likeness (QED) is 0.178. The van der Waals surface area contributed by atoms with E-state index < -0.39 is 0 Å². The highest BCUT2D eigenvalue weighted by Crippen LogP contribution is 2.58. The standard InChI is InChI=1S/C55H43N3/c1-36-31-37(2)33-43(32-36)56-51-30-26-39-16-9-11-21-45(39)54(51)57(42-18-6-5-7-19-42)50-29-27-41(35-53(50)56)40-25-28-47-52(34-40)58(49-23-13-12-22-46(49)55(47,3)4)48-24-14-17-38-15-8-10-20-44(38)48/h5-35H,1-4H3. The van der Waals surface area contributed by atoms with Gasteiger partial charge in [0.05, 0.1) is 39.8 Å². The Morgan fingerprint density at radius 3 is 1.72 bits per heavy atom. The summed E-state index contributed by atoms with van der Waals surface area (Å²) in [5.74, 6) is 0. The fourth-order valence-corrected chi connectivity index (χ4v) is 9.74. The Morgan fingerprint density at radius 2 is 0.931 bits per heavy atom. The van der Waals surface area contributed by atoms with Gasteiger partial charge in [-0.25, -0.2) is 0 Å². The lowest BCUT2D eigenvalue weighted by atomic mass is 9.73. The van der Waals surface area contributed by atoms with E-state index in [9.17, 15) is 0 Å². The Kier molecular flexibility index (Phi) is 7.64. The fourth-order valence-electron chi connectivity index (χ4n) is 9.74. The third-order valence-electron chi connectivity index (χ3n) is 12.4. The van der Waals surface area contributed by atoms with Crippen molar-refractivity contribution in [2.24, 2.45) is 0 Å². The van der Waals surface area contributed by atoms with E-state index in [0.29, 0.717) is 0 Å². The van der Waals surface area contributed by atoms with E-state index in [1.54, 1.807) is 0 Å². The lowest BCUT2D eigenvalue weighted by molar-refractivity contribution is 0.632. The van der Waals surface area contributed by atoms with Crippen molar-refractivity contribution in [3.05, 3.63) is 210 Å². The van der Waals surface area contributed by atoms with Gasteiger partial charge < -0.3 is 14.7 Å². The van der Waals surface area contributed by atoms with Crippen molar-refractivity contribution in [1.29, 1.82) is 0 Å². The van der Waals surface area contributed by atoms with Crippen LogP contribution < -0.4 is 14.7 Å². The molecule has 0 bridgehead atoms. The van der Waals surface area contributed by atoms with E-state index in [2.05, 4.69) is 230 Å². The Morgan fingerprint density at radius 1 is 0.345 bits per heavy atom. The van der Waals surface area contributed by atoms with Gasteiger partial charge in [0, 0.05) is 27.6 Å². The maximum absolute atomic E-state index is 2.50. The van der Waals surface area contributed by atoms with Crippen molar-refractivity contribution < 1.29 is 0 Å². The minimum atomic E-state index is -0.191. The van der Waals surface area contributed by atoms with Gasteiger partial charge in [0.1, 0.15) is 0 Å². The van der Waals surface area contributed by atoms with Crippen LogP contribution in [0.3, 0.4) is 0 Å². The zero-order valence-electron chi connectivity index (χ0n) is 33.2. The third-order valence-corrected chi connectivity index (χ3v) is 12.4. The number of para-hydroxylation sites is 2. The molecule has 3 heteroatoms. The van der Waals surface area contributed by atoms with E-state index in [1.807, 2.05) is 0 Å². The predicted molar refractivity (Wildman–Crippen MR) is 246 cm³/mol. The first-order valence-electron chi connectivity index (χ1n) is 20.3. The lowest BCUT2D eigenvalue weighted by Gasteiger charge is -2.43. The fraction of sp³-hybridized carbons (Fsp3) is 0.0909. The number of rotatable bonds is 4. The normalized spacial score (nSPS) is 13.9. The zero-order valence-corrected chi connectivity index (χ0v) is 33.2. The van der Waals surface area contributed by atoms with Crippen LogP contribution >= 0.6 is 0 Å². The molecule has 0 fully saturated rings. The van der Waals surface area contributed by atoms with Crippen molar-refractivity contribution >= 4 is 72.7 Å². The highest BCUT2D eigenvalue weighted by Gasteiger charge is 2.38. The smallest absolute Gasteiger partial charge is 0.0782 e. The average Bonchev–Trinajstić information content (AvgIpc) is 3.25. The van der Waals surface area contributed by atoms with Crippen LogP contribution in [0, 0.1) is 13.8 Å². The molecule has 11 rings (SSSR count). The van der Waals surface area contributed by atoms with Gasteiger partial charge in [0.25, 0.3) is 0 Å². The molecule has 0 amide bonds. The largest absolute Gasteiger partial charge is 0.309 e. The molecule has 2 heterocycles. The molecular weight excluding hydrogens is 703 g/mol.